The standard InChI is InChI=1S/C11H12BrN3O3/c1-7-4-8(12)5-10(15(16)17)11(7)18-3-2-9(14)6-13/h4-5,9H,2-3,14H2,1H3. The Balaban J connectivity index is 2.88. The summed E-state index contributed by atoms with van der Waals surface area (Å²) < 4.78 is 5.98. The quantitative estimate of drug-likeness (QED) is 0.663. The zero-order chi connectivity index (χ0) is 13.7. The smallest absolute Gasteiger partial charge is 0.312 e. The third-order valence-corrected chi connectivity index (χ3v) is 2.72. The minimum Gasteiger partial charge on any atom is -0.487 e. The first-order valence-corrected chi connectivity index (χ1v) is 5.97. The molecule has 0 aliphatic carbocycles. The predicted octanol–water partition coefficient (Wildman–Crippen LogP) is 2.29. The molecule has 0 amide bonds. The summed E-state index contributed by atoms with van der Waals surface area (Å²) in [5.41, 5.74) is 5.96. The summed E-state index contributed by atoms with van der Waals surface area (Å²) in [5.74, 6) is 0.216. The summed E-state index contributed by atoms with van der Waals surface area (Å²) in [5, 5.41) is 19.4. The fourth-order valence-electron chi connectivity index (χ4n) is 1.39. The Morgan fingerprint density at radius 1 is 1.67 bits per heavy atom. The highest BCUT2D eigenvalue weighted by atomic mass is 79.9. The van der Waals surface area contributed by atoms with Crippen LogP contribution in [-0.4, -0.2) is 17.6 Å². The average molecular weight is 314 g/mol. The number of benzene rings is 1. The van der Waals surface area contributed by atoms with E-state index in [9.17, 15) is 10.1 Å². The van der Waals surface area contributed by atoms with E-state index in [4.69, 9.17) is 15.7 Å². The number of nitrogens with two attached hydrogens (primary N) is 1. The summed E-state index contributed by atoms with van der Waals surface area (Å²) in [6, 6.07) is 4.35. The molecule has 0 aliphatic rings. The van der Waals surface area contributed by atoms with Gasteiger partial charge >= 0.3 is 5.69 Å². The van der Waals surface area contributed by atoms with Crippen molar-refractivity contribution in [2.75, 3.05) is 6.61 Å². The highest BCUT2D eigenvalue weighted by Gasteiger charge is 2.19. The molecule has 1 unspecified atom stereocenters. The van der Waals surface area contributed by atoms with E-state index < -0.39 is 11.0 Å². The fraction of sp³-hybridized carbons (Fsp3) is 0.364. The van der Waals surface area contributed by atoms with Crippen molar-refractivity contribution in [3.8, 4) is 11.8 Å². The topological polar surface area (TPSA) is 102 Å². The Bertz CT molecular complexity index is 499. The van der Waals surface area contributed by atoms with E-state index in [1.54, 1.807) is 13.0 Å². The first-order chi connectivity index (χ1) is 8.45. The first kappa shape index (κ1) is 14.4. The molecule has 0 spiro atoms. The largest absolute Gasteiger partial charge is 0.487 e. The molecule has 1 aromatic rings. The molecule has 1 aromatic carbocycles. The average Bonchev–Trinajstić information content (AvgIpc) is 2.30. The van der Waals surface area contributed by atoms with Crippen LogP contribution in [0.1, 0.15) is 12.0 Å². The van der Waals surface area contributed by atoms with Gasteiger partial charge < -0.3 is 10.5 Å². The van der Waals surface area contributed by atoms with Crippen molar-refractivity contribution in [3.05, 3.63) is 32.3 Å². The normalized spacial score (nSPS) is 11.7. The molecule has 6 nitrogen and oxygen atoms in total. The molecule has 0 radical (unpaired) electrons. The van der Waals surface area contributed by atoms with Crippen molar-refractivity contribution >= 4 is 21.6 Å². The Morgan fingerprint density at radius 3 is 2.89 bits per heavy atom. The maximum Gasteiger partial charge on any atom is 0.312 e. The van der Waals surface area contributed by atoms with E-state index in [1.165, 1.54) is 6.07 Å². The van der Waals surface area contributed by atoms with Crippen LogP contribution in [0.25, 0.3) is 0 Å². The number of nitro groups is 1. The summed E-state index contributed by atoms with van der Waals surface area (Å²) in [4.78, 5) is 10.4. The molecule has 0 aliphatic heterocycles. The zero-order valence-electron chi connectivity index (χ0n) is 9.72. The van der Waals surface area contributed by atoms with E-state index in [2.05, 4.69) is 15.9 Å². The third kappa shape index (κ3) is 3.68. The number of rotatable bonds is 5. The van der Waals surface area contributed by atoms with E-state index >= 15 is 0 Å². The predicted molar refractivity (Wildman–Crippen MR) is 69.2 cm³/mol. The van der Waals surface area contributed by atoms with Crippen molar-refractivity contribution in [3.63, 3.8) is 0 Å². The van der Waals surface area contributed by atoms with Gasteiger partial charge in [0.1, 0.15) is 0 Å². The van der Waals surface area contributed by atoms with Gasteiger partial charge in [-0.05, 0) is 18.6 Å². The number of ether oxygens (including phenoxy) is 1. The Kier molecular flexibility index (Phi) is 5.07. The van der Waals surface area contributed by atoms with Crippen LogP contribution in [0.3, 0.4) is 0 Å². The van der Waals surface area contributed by atoms with Gasteiger partial charge in [-0.15, -0.1) is 0 Å². The summed E-state index contributed by atoms with van der Waals surface area (Å²) in [6.07, 6.45) is 0.323. The number of halogens is 1. The number of hydrogen-bond acceptors (Lipinski definition) is 5. The first-order valence-electron chi connectivity index (χ1n) is 5.18. The molecule has 7 heteroatoms. The minimum atomic E-state index is -0.625. The van der Waals surface area contributed by atoms with E-state index in [-0.39, 0.29) is 18.0 Å². The Morgan fingerprint density at radius 2 is 2.33 bits per heavy atom. The lowest BCUT2D eigenvalue weighted by molar-refractivity contribution is -0.386. The molecular formula is C11H12BrN3O3. The van der Waals surface area contributed by atoms with Crippen LogP contribution in [0, 0.1) is 28.4 Å². The van der Waals surface area contributed by atoms with E-state index in [1.807, 2.05) is 6.07 Å². The lowest BCUT2D eigenvalue weighted by atomic mass is 10.2. The van der Waals surface area contributed by atoms with Gasteiger partial charge in [0.25, 0.3) is 0 Å². The van der Waals surface area contributed by atoms with Crippen molar-refractivity contribution in [2.24, 2.45) is 5.73 Å². The van der Waals surface area contributed by atoms with Crippen molar-refractivity contribution in [2.45, 2.75) is 19.4 Å². The maximum absolute atomic E-state index is 10.9. The van der Waals surface area contributed by atoms with Crippen LogP contribution in [-0.2, 0) is 0 Å². The monoisotopic (exact) mass is 313 g/mol. The van der Waals surface area contributed by atoms with Gasteiger partial charge in [-0.1, -0.05) is 15.9 Å². The van der Waals surface area contributed by atoms with Gasteiger partial charge in [-0.3, -0.25) is 10.1 Å². The van der Waals surface area contributed by atoms with E-state index in [0.717, 1.165) is 0 Å². The molecule has 0 saturated carbocycles. The summed E-state index contributed by atoms with van der Waals surface area (Å²) in [7, 11) is 0. The van der Waals surface area contributed by atoms with Gasteiger partial charge in [0.05, 0.1) is 23.6 Å². The zero-order valence-corrected chi connectivity index (χ0v) is 11.3. The molecule has 0 bridgehead atoms. The SMILES string of the molecule is Cc1cc(Br)cc([N+](=O)[O-])c1OCCC(N)C#N. The van der Waals surface area contributed by atoms with Crippen LogP contribution in [0.4, 0.5) is 5.69 Å². The molecule has 0 aromatic heterocycles. The summed E-state index contributed by atoms with van der Waals surface area (Å²) in [6.45, 7) is 1.88. The van der Waals surface area contributed by atoms with Gasteiger partial charge in [-0.25, -0.2) is 0 Å². The van der Waals surface area contributed by atoms with Crippen LogP contribution in [0.15, 0.2) is 16.6 Å². The summed E-state index contributed by atoms with van der Waals surface area (Å²) >= 11 is 3.19. The minimum absolute atomic E-state index is 0.104. The number of aryl methyl sites for hydroxylation is 1. The molecule has 18 heavy (non-hydrogen) atoms. The molecule has 0 fully saturated rings. The van der Waals surface area contributed by atoms with Gasteiger partial charge in [-0.2, -0.15) is 5.26 Å². The third-order valence-electron chi connectivity index (χ3n) is 2.26. The number of nitriles is 1. The second kappa shape index (κ2) is 6.33. The number of nitrogens with zero attached hydrogens (tertiary/aromatic N) is 2. The molecule has 1 rings (SSSR count). The molecular weight excluding hydrogens is 302 g/mol. The molecule has 0 saturated heterocycles. The van der Waals surface area contributed by atoms with Gasteiger partial charge in [0.2, 0.25) is 0 Å². The number of hydrogen-bond donors (Lipinski definition) is 1. The van der Waals surface area contributed by atoms with Crippen molar-refractivity contribution in [1.29, 1.82) is 5.26 Å². The van der Waals surface area contributed by atoms with Gasteiger partial charge in [0, 0.05) is 17.0 Å². The lowest BCUT2D eigenvalue weighted by Gasteiger charge is -2.10. The Labute approximate surface area is 113 Å². The molecule has 0 heterocycles. The second-order valence-electron chi connectivity index (χ2n) is 3.70. The lowest BCUT2D eigenvalue weighted by Crippen LogP contribution is -2.20. The molecule has 1 atom stereocenters. The second-order valence-corrected chi connectivity index (χ2v) is 4.62. The number of nitro benzene ring substituents is 1. The van der Waals surface area contributed by atoms with Gasteiger partial charge in [0.15, 0.2) is 5.75 Å². The van der Waals surface area contributed by atoms with Crippen LogP contribution in [0.2, 0.25) is 0 Å². The Hall–Kier alpha value is -1.65. The molecule has 96 valence electrons. The highest BCUT2D eigenvalue weighted by molar-refractivity contribution is 9.10. The molecule has 2 N–H and O–H groups in total. The van der Waals surface area contributed by atoms with Crippen molar-refractivity contribution < 1.29 is 9.66 Å². The maximum atomic E-state index is 10.9. The highest BCUT2D eigenvalue weighted by Crippen LogP contribution is 2.34. The van der Waals surface area contributed by atoms with Crippen molar-refractivity contribution in [1.82, 2.24) is 0 Å². The fourth-order valence-corrected chi connectivity index (χ4v) is 1.95. The van der Waals surface area contributed by atoms with Crippen LogP contribution >= 0.6 is 15.9 Å². The van der Waals surface area contributed by atoms with Crippen LogP contribution in [0.5, 0.6) is 5.75 Å². The van der Waals surface area contributed by atoms with Crippen LogP contribution < -0.4 is 10.5 Å². The van der Waals surface area contributed by atoms with E-state index in [0.29, 0.717) is 16.5 Å².